The zero-order chi connectivity index (χ0) is 19.6. The zero-order valence-corrected chi connectivity index (χ0v) is 17.1. The molecule has 0 amide bonds. The lowest BCUT2D eigenvalue weighted by molar-refractivity contribution is 0.803. The van der Waals surface area contributed by atoms with E-state index in [0.717, 1.165) is 10.9 Å². The summed E-state index contributed by atoms with van der Waals surface area (Å²) >= 11 is 0. The number of benzene rings is 2. The maximum atomic E-state index is 13.5. The molecule has 27 heavy (non-hydrogen) atoms. The van der Waals surface area contributed by atoms with Crippen LogP contribution in [-0.2, 0) is 0 Å². The van der Waals surface area contributed by atoms with Crippen molar-refractivity contribution in [2.45, 2.75) is 26.6 Å². The molecule has 0 saturated heterocycles. The fourth-order valence-electron chi connectivity index (χ4n) is 3.28. The van der Waals surface area contributed by atoms with Crippen molar-refractivity contribution < 1.29 is 0 Å². The Balaban J connectivity index is 2.57. The van der Waals surface area contributed by atoms with Gasteiger partial charge in [0, 0.05) is 5.19 Å². The maximum absolute atomic E-state index is 13.5. The van der Waals surface area contributed by atoms with Crippen molar-refractivity contribution in [3.05, 3.63) is 93.3 Å². The van der Waals surface area contributed by atoms with Crippen molar-refractivity contribution in [1.82, 2.24) is 9.13 Å². The average molecular weight is 377 g/mol. The van der Waals surface area contributed by atoms with Crippen molar-refractivity contribution in [3.8, 4) is 11.4 Å². The number of hydrogen-bond donors (Lipinski definition) is 0. The van der Waals surface area contributed by atoms with E-state index in [1.165, 1.54) is 4.57 Å². The van der Waals surface area contributed by atoms with Gasteiger partial charge in [-0.3, -0.25) is 9.36 Å². The Hall–Kier alpha value is -2.92. The molecule has 0 bridgehead atoms. The summed E-state index contributed by atoms with van der Waals surface area (Å²) in [6, 6.07) is 18.6. The number of nitrogens with zero attached hydrogens (tertiary/aromatic N) is 2. The van der Waals surface area contributed by atoms with Gasteiger partial charge < -0.3 is 0 Å². The summed E-state index contributed by atoms with van der Waals surface area (Å²) in [4.78, 5) is 26.9. The summed E-state index contributed by atoms with van der Waals surface area (Å²) < 4.78 is 2.95. The Morgan fingerprint density at radius 3 is 1.70 bits per heavy atom. The monoisotopic (exact) mass is 376 g/mol. The average Bonchev–Trinajstić information content (AvgIpc) is 2.62. The third-order valence-corrected chi connectivity index (χ3v) is 6.37. The van der Waals surface area contributed by atoms with Gasteiger partial charge in [-0.25, -0.2) is 9.36 Å². The molecule has 3 rings (SSSR count). The van der Waals surface area contributed by atoms with Gasteiger partial charge in [0.25, 0.3) is 5.56 Å². The van der Waals surface area contributed by atoms with Crippen LogP contribution in [0.4, 0.5) is 0 Å². The van der Waals surface area contributed by atoms with E-state index >= 15 is 0 Å². The van der Waals surface area contributed by atoms with E-state index in [9.17, 15) is 9.59 Å². The number of allylic oxidation sites excluding steroid dienone is 1. The Bertz CT molecular complexity index is 1090. The molecule has 0 fully saturated rings. The molecule has 4 nitrogen and oxygen atoms in total. The van der Waals surface area contributed by atoms with Crippen LogP contribution in [0.15, 0.2) is 76.3 Å². The highest BCUT2D eigenvalue weighted by Gasteiger charge is 2.29. The lowest BCUT2D eigenvalue weighted by atomic mass is 10.2. The molecule has 2 aromatic carbocycles. The fraction of sp³-hybridized carbons (Fsp3) is 0.182. The summed E-state index contributed by atoms with van der Waals surface area (Å²) in [5, 5.41) is 0.743. The summed E-state index contributed by atoms with van der Waals surface area (Å²) in [6.07, 6.45) is 3.75. The van der Waals surface area contributed by atoms with Gasteiger partial charge in [0.1, 0.15) is 0 Å². The van der Waals surface area contributed by atoms with Crippen LogP contribution in [0.1, 0.15) is 12.6 Å². The van der Waals surface area contributed by atoms with Crippen LogP contribution in [0, 0.1) is 0 Å². The molecule has 3 aromatic rings. The standard InChI is InChI=1S/C22H24N2O2Si/c1-5-12-19-20(27(2,3)4)21(25)24(18-15-10-7-11-16-18)22(26)23(19)17-13-8-6-9-14-17/h5-16H,1-4H3/b12-5+. The Labute approximate surface area is 160 Å². The molecule has 1 aromatic heterocycles. The van der Waals surface area contributed by atoms with Crippen LogP contribution in [0.3, 0.4) is 0 Å². The first-order valence-corrected chi connectivity index (χ1v) is 12.5. The molecule has 0 saturated carbocycles. The largest absolute Gasteiger partial charge is 0.340 e. The second-order valence-electron chi connectivity index (χ2n) is 7.44. The van der Waals surface area contributed by atoms with E-state index in [1.54, 1.807) is 16.7 Å². The first kappa shape index (κ1) is 18.9. The van der Waals surface area contributed by atoms with E-state index < -0.39 is 8.07 Å². The number of para-hydroxylation sites is 2. The third-order valence-electron chi connectivity index (χ3n) is 4.40. The highest BCUT2D eigenvalue weighted by atomic mass is 28.3. The van der Waals surface area contributed by atoms with Gasteiger partial charge in [-0.1, -0.05) is 62.1 Å². The highest BCUT2D eigenvalue weighted by molar-refractivity contribution is 6.89. The van der Waals surface area contributed by atoms with Gasteiger partial charge in [0.05, 0.1) is 25.1 Å². The first-order chi connectivity index (χ1) is 12.9. The van der Waals surface area contributed by atoms with Gasteiger partial charge in [-0.05, 0) is 37.3 Å². The Morgan fingerprint density at radius 1 is 0.778 bits per heavy atom. The highest BCUT2D eigenvalue weighted by Crippen LogP contribution is 2.13. The SMILES string of the molecule is C/C=C/c1c([Si](C)(C)C)c(=O)n(-c2ccccc2)c(=O)n1-c1ccccc1. The lowest BCUT2D eigenvalue weighted by Crippen LogP contribution is -2.57. The summed E-state index contributed by atoms with van der Waals surface area (Å²) in [5.41, 5.74) is 1.45. The van der Waals surface area contributed by atoms with Crippen molar-refractivity contribution in [2.24, 2.45) is 0 Å². The summed E-state index contributed by atoms with van der Waals surface area (Å²) in [5.74, 6) is 0. The van der Waals surface area contributed by atoms with Gasteiger partial charge in [0.2, 0.25) is 0 Å². The van der Waals surface area contributed by atoms with Crippen LogP contribution < -0.4 is 16.4 Å². The molecule has 0 aliphatic heterocycles. The molecule has 0 N–H and O–H groups in total. The van der Waals surface area contributed by atoms with Crippen molar-refractivity contribution in [2.75, 3.05) is 0 Å². The summed E-state index contributed by atoms with van der Waals surface area (Å²) in [7, 11) is -2.06. The van der Waals surface area contributed by atoms with Gasteiger partial charge in [-0.2, -0.15) is 0 Å². The van der Waals surface area contributed by atoms with Crippen LogP contribution in [-0.4, -0.2) is 17.2 Å². The molecule has 0 atom stereocenters. The number of aromatic nitrogens is 2. The predicted octanol–water partition coefficient (Wildman–Crippen LogP) is 3.57. The number of rotatable bonds is 4. The molecule has 0 aliphatic rings. The Morgan fingerprint density at radius 2 is 1.26 bits per heavy atom. The second kappa shape index (κ2) is 7.37. The van der Waals surface area contributed by atoms with E-state index in [4.69, 9.17) is 0 Å². The normalized spacial score (nSPS) is 11.9. The van der Waals surface area contributed by atoms with Crippen LogP contribution in [0.25, 0.3) is 17.5 Å². The molecule has 0 unspecified atom stereocenters. The number of hydrogen-bond acceptors (Lipinski definition) is 2. The maximum Gasteiger partial charge on any atom is 0.340 e. The van der Waals surface area contributed by atoms with Crippen molar-refractivity contribution in [3.63, 3.8) is 0 Å². The molecule has 5 heteroatoms. The smallest absolute Gasteiger partial charge is 0.269 e. The van der Waals surface area contributed by atoms with E-state index in [2.05, 4.69) is 19.6 Å². The molecule has 0 aliphatic carbocycles. The predicted molar refractivity (Wildman–Crippen MR) is 115 cm³/mol. The minimum Gasteiger partial charge on any atom is -0.269 e. The van der Waals surface area contributed by atoms with Gasteiger partial charge in [-0.15, -0.1) is 0 Å². The van der Waals surface area contributed by atoms with E-state index in [0.29, 0.717) is 11.4 Å². The quantitative estimate of drug-likeness (QED) is 0.654. The fourth-order valence-corrected chi connectivity index (χ4v) is 4.99. The Kier molecular flexibility index (Phi) is 5.14. The van der Waals surface area contributed by atoms with Gasteiger partial charge in [0.15, 0.2) is 0 Å². The summed E-state index contributed by atoms with van der Waals surface area (Å²) in [6.45, 7) is 8.29. The van der Waals surface area contributed by atoms with Crippen molar-refractivity contribution in [1.29, 1.82) is 0 Å². The third kappa shape index (κ3) is 3.51. The lowest BCUT2D eigenvalue weighted by Gasteiger charge is -2.24. The second-order valence-corrected chi connectivity index (χ2v) is 12.4. The van der Waals surface area contributed by atoms with Crippen molar-refractivity contribution >= 4 is 19.3 Å². The van der Waals surface area contributed by atoms with Gasteiger partial charge >= 0.3 is 5.69 Å². The topological polar surface area (TPSA) is 44.0 Å². The zero-order valence-electron chi connectivity index (χ0n) is 16.1. The molecular weight excluding hydrogens is 352 g/mol. The van der Waals surface area contributed by atoms with Crippen LogP contribution in [0.2, 0.25) is 19.6 Å². The minimum absolute atomic E-state index is 0.217. The molecular formula is C22H24N2O2Si. The first-order valence-electron chi connectivity index (χ1n) is 9.02. The molecule has 0 spiro atoms. The van der Waals surface area contributed by atoms with E-state index in [-0.39, 0.29) is 11.2 Å². The molecule has 138 valence electrons. The minimum atomic E-state index is -2.06. The molecule has 0 radical (unpaired) electrons. The van der Waals surface area contributed by atoms with Crippen LogP contribution >= 0.6 is 0 Å². The molecule has 1 heterocycles. The van der Waals surface area contributed by atoms with E-state index in [1.807, 2.05) is 67.6 Å². The van der Waals surface area contributed by atoms with Crippen LogP contribution in [0.5, 0.6) is 0 Å².